The van der Waals surface area contributed by atoms with Gasteiger partial charge in [0, 0.05) is 28.4 Å². The van der Waals surface area contributed by atoms with E-state index in [0.717, 1.165) is 49.6 Å². The van der Waals surface area contributed by atoms with E-state index in [-0.39, 0.29) is 0 Å². The Kier molecular flexibility index (Phi) is 8.49. The topological polar surface area (TPSA) is 18.5 Å². The Morgan fingerprint density at radius 3 is 2.50 bits per heavy atom. The molecule has 84 valence electrons. The van der Waals surface area contributed by atoms with Gasteiger partial charge >= 0.3 is 0 Å². The van der Waals surface area contributed by atoms with Gasteiger partial charge in [0.25, 0.3) is 0 Å². The molecule has 0 bridgehead atoms. The summed E-state index contributed by atoms with van der Waals surface area (Å²) in [4.78, 5) is 0. The Labute approximate surface area is 99.4 Å². The highest BCUT2D eigenvalue weighted by atomic mass is 35.5. The molecule has 0 spiro atoms. The van der Waals surface area contributed by atoms with Gasteiger partial charge in [0.1, 0.15) is 0 Å². The highest BCUT2D eigenvalue weighted by molar-refractivity contribution is 8.03. The maximum absolute atomic E-state index is 5.87. The maximum atomic E-state index is 5.87. The summed E-state index contributed by atoms with van der Waals surface area (Å²) in [5, 5.41) is 0.560. The lowest BCUT2D eigenvalue weighted by Gasteiger charge is -2.14. The third kappa shape index (κ3) is 6.40. The third-order valence-electron chi connectivity index (χ3n) is 1.80. The summed E-state index contributed by atoms with van der Waals surface area (Å²) in [5.41, 5.74) is 0. The largest absolute Gasteiger partial charge is 0.378 e. The summed E-state index contributed by atoms with van der Waals surface area (Å²) >= 11 is 9.71. The van der Waals surface area contributed by atoms with Crippen molar-refractivity contribution in [2.24, 2.45) is 0 Å². The van der Waals surface area contributed by atoms with Crippen molar-refractivity contribution in [2.75, 3.05) is 49.6 Å². The third-order valence-corrected chi connectivity index (χ3v) is 4.87. The molecule has 0 radical (unpaired) electrons. The Hall–Kier alpha value is 0.910. The van der Waals surface area contributed by atoms with Crippen LogP contribution in [-0.4, -0.2) is 54.8 Å². The first-order valence-corrected chi connectivity index (χ1v) is 7.58. The number of hydrogen-bond donors (Lipinski definition) is 0. The van der Waals surface area contributed by atoms with Crippen LogP contribution in [0.3, 0.4) is 0 Å². The van der Waals surface area contributed by atoms with Gasteiger partial charge in [-0.05, 0) is 0 Å². The number of alkyl halides is 1. The molecule has 14 heavy (non-hydrogen) atoms. The van der Waals surface area contributed by atoms with Crippen LogP contribution in [0.25, 0.3) is 0 Å². The van der Waals surface area contributed by atoms with Crippen molar-refractivity contribution >= 4 is 35.1 Å². The first kappa shape index (κ1) is 13.0. The van der Waals surface area contributed by atoms with Gasteiger partial charge in [-0.2, -0.15) is 23.5 Å². The summed E-state index contributed by atoms with van der Waals surface area (Å²) in [6.45, 7) is 3.08. The second-order valence-electron chi connectivity index (χ2n) is 2.95. The van der Waals surface area contributed by atoms with Crippen LogP contribution < -0.4 is 0 Å². The molecule has 1 heterocycles. The zero-order valence-corrected chi connectivity index (χ0v) is 10.6. The van der Waals surface area contributed by atoms with Crippen molar-refractivity contribution in [1.82, 2.24) is 0 Å². The lowest BCUT2D eigenvalue weighted by molar-refractivity contribution is 0.0604. The predicted molar refractivity (Wildman–Crippen MR) is 65.9 cm³/mol. The molecule has 0 aliphatic carbocycles. The van der Waals surface area contributed by atoms with E-state index < -0.39 is 0 Å². The fourth-order valence-corrected chi connectivity index (χ4v) is 3.66. The van der Waals surface area contributed by atoms with E-state index in [1.54, 1.807) is 0 Å². The molecule has 0 aromatic rings. The van der Waals surface area contributed by atoms with E-state index in [0.29, 0.717) is 5.25 Å². The van der Waals surface area contributed by atoms with Gasteiger partial charge in [0.2, 0.25) is 0 Å². The van der Waals surface area contributed by atoms with Crippen LogP contribution >= 0.6 is 35.1 Å². The SMILES string of the molecule is ClCC1CSCCOCCOCCS1. The van der Waals surface area contributed by atoms with Crippen LogP contribution in [0.4, 0.5) is 0 Å². The smallest absolute Gasteiger partial charge is 0.0700 e. The average Bonchev–Trinajstić information content (AvgIpc) is 2.19. The van der Waals surface area contributed by atoms with Crippen LogP contribution in [0.15, 0.2) is 0 Å². The molecule has 5 heteroatoms. The summed E-state index contributed by atoms with van der Waals surface area (Å²) < 4.78 is 10.8. The van der Waals surface area contributed by atoms with E-state index in [1.807, 2.05) is 23.5 Å². The molecule has 1 atom stereocenters. The lowest BCUT2D eigenvalue weighted by Crippen LogP contribution is -2.15. The van der Waals surface area contributed by atoms with Crippen molar-refractivity contribution in [1.29, 1.82) is 0 Å². The Balaban J connectivity index is 2.17. The summed E-state index contributed by atoms with van der Waals surface area (Å²) in [7, 11) is 0. The molecule has 1 unspecified atom stereocenters. The minimum atomic E-state index is 0.560. The molecular formula is C9H17ClO2S2. The molecule has 1 aliphatic rings. The van der Waals surface area contributed by atoms with Gasteiger partial charge in [0.05, 0.1) is 26.4 Å². The molecule has 0 amide bonds. The predicted octanol–water partition coefficient (Wildman–Crippen LogP) is 2.11. The zero-order valence-electron chi connectivity index (χ0n) is 8.25. The van der Waals surface area contributed by atoms with Crippen LogP contribution in [0.2, 0.25) is 0 Å². The van der Waals surface area contributed by atoms with Crippen LogP contribution in [0, 0.1) is 0 Å². The molecule has 0 saturated carbocycles. The fourth-order valence-electron chi connectivity index (χ4n) is 1.07. The Morgan fingerprint density at radius 2 is 1.79 bits per heavy atom. The molecule has 2 nitrogen and oxygen atoms in total. The first-order chi connectivity index (χ1) is 6.93. The Bertz CT molecular complexity index is 126. The van der Waals surface area contributed by atoms with E-state index in [4.69, 9.17) is 21.1 Å². The standard InChI is InChI=1S/C9H17ClO2S2/c10-7-9-8-13-5-3-11-1-2-12-4-6-14-9/h9H,1-8H2. The summed E-state index contributed by atoms with van der Waals surface area (Å²) in [5.74, 6) is 3.96. The zero-order chi connectivity index (χ0) is 10.1. The second-order valence-corrected chi connectivity index (χ2v) is 5.81. The Morgan fingerprint density at radius 1 is 1.07 bits per heavy atom. The minimum Gasteiger partial charge on any atom is -0.378 e. The molecule has 1 saturated heterocycles. The average molecular weight is 257 g/mol. The van der Waals surface area contributed by atoms with Crippen molar-refractivity contribution < 1.29 is 9.47 Å². The van der Waals surface area contributed by atoms with Crippen molar-refractivity contribution in [2.45, 2.75) is 5.25 Å². The number of ether oxygens (including phenoxy) is 2. The van der Waals surface area contributed by atoms with E-state index in [1.165, 1.54) is 0 Å². The first-order valence-electron chi connectivity index (χ1n) is 4.84. The van der Waals surface area contributed by atoms with Gasteiger partial charge in [-0.25, -0.2) is 0 Å². The number of halogens is 1. The van der Waals surface area contributed by atoms with E-state index in [2.05, 4.69) is 0 Å². The van der Waals surface area contributed by atoms with Crippen LogP contribution in [0.1, 0.15) is 0 Å². The normalized spacial score (nSPS) is 27.6. The monoisotopic (exact) mass is 256 g/mol. The molecule has 1 rings (SSSR count). The number of thioether (sulfide) groups is 2. The van der Waals surface area contributed by atoms with E-state index in [9.17, 15) is 0 Å². The highest BCUT2D eigenvalue weighted by Crippen LogP contribution is 2.18. The summed E-state index contributed by atoms with van der Waals surface area (Å²) in [6, 6.07) is 0. The molecule has 1 aliphatic heterocycles. The minimum absolute atomic E-state index is 0.560. The number of rotatable bonds is 1. The quantitative estimate of drug-likeness (QED) is 0.669. The van der Waals surface area contributed by atoms with Gasteiger partial charge in [0.15, 0.2) is 0 Å². The highest BCUT2D eigenvalue weighted by Gasteiger charge is 2.08. The van der Waals surface area contributed by atoms with Crippen molar-refractivity contribution in [3.8, 4) is 0 Å². The van der Waals surface area contributed by atoms with Crippen molar-refractivity contribution in [3.63, 3.8) is 0 Å². The van der Waals surface area contributed by atoms with Gasteiger partial charge < -0.3 is 9.47 Å². The molecule has 0 aromatic carbocycles. The van der Waals surface area contributed by atoms with Crippen molar-refractivity contribution in [3.05, 3.63) is 0 Å². The lowest BCUT2D eigenvalue weighted by atomic mass is 10.5. The van der Waals surface area contributed by atoms with Crippen LogP contribution in [-0.2, 0) is 9.47 Å². The second kappa shape index (κ2) is 9.16. The number of hydrogen-bond acceptors (Lipinski definition) is 4. The molecule has 0 aromatic heterocycles. The molecular weight excluding hydrogens is 240 g/mol. The van der Waals surface area contributed by atoms with Gasteiger partial charge in [-0.15, -0.1) is 11.6 Å². The molecule has 1 fully saturated rings. The maximum Gasteiger partial charge on any atom is 0.0700 e. The van der Waals surface area contributed by atoms with Gasteiger partial charge in [-0.3, -0.25) is 0 Å². The molecule has 0 N–H and O–H groups in total. The van der Waals surface area contributed by atoms with E-state index >= 15 is 0 Å². The summed E-state index contributed by atoms with van der Waals surface area (Å²) in [6.07, 6.45) is 0. The van der Waals surface area contributed by atoms with Gasteiger partial charge in [-0.1, -0.05) is 0 Å². The fraction of sp³-hybridized carbons (Fsp3) is 1.00. The van der Waals surface area contributed by atoms with Crippen LogP contribution in [0.5, 0.6) is 0 Å².